The van der Waals surface area contributed by atoms with Crippen LogP contribution in [0.3, 0.4) is 0 Å². The van der Waals surface area contributed by atoms with Crippen molar-refractivity contribution in [2.24, 2.45) is 0 Å². The van der Waals surface area contributed by atoms with Gasteiger partial charge in [-0.05, 0) is 54.1 Å². The summed E-state index contributed by atoms with van der Waals surface area (Å²) in [5.41, 5.74) is 4.44. The fraction of sp³-hybridized carbons (Fsp3) is 0.231. The van der Waals surface area contributed by atoms with E-state index in [9.17, 15) is 9.18 Å². The molecule has 0 saturated carbocycles. The van der Waals surface area contributed by atoms with Crippen molar-refractivity contribution in [3.8, 4) is 5.69 Å². The number of imidazole rings is 1. The minimum atomic E-state index is -0.269. The van der Waals surface area contributed by atoms with E-state index in [0.717, 1.165) is 35.4 Å². The summed E-state index contributed by atoms with van der Waals surface area (Å²) in [5, 5.41) is 3.06. The first kappa shape index (κ1) is 21.3. The molecule has 1 atom stereocenters. The van der Waals surface area contributed by atoms with E-state index in [1.165, 1.54) is 12.1 Å². The number of benzene rings is 3. The molecular formula is C26H25FN4O2. The third-order valence-corrected chi connectivity index (χ3v) is 6.06. The lowest BCUT2D eigenvalue weighted by atomic mass is 10.0. The van der Waals surface area contributed by atoms with Crippen LogP contribution in [0.1, 0.15) is 22.0 Å². The van der Waals surface area contributed by atoms with Crippen LogP contribution in [0.5, 0.6) is 0 Å². The number of morpholine rings is 1. The second-order valence-corrected chi connectivity index (χ2v) is 8.08. The van der Waals surface area contributed by atoms with E-state index in [2.05, 4.69) is 15.2 Å². The van der Waals surface area contributed by atoms with Gasteiger partial charge in [-0.2, -0.15) is 0 Å². The lowest BCUT2D eigenvalue weighted by Gasteiger charge is -2.35. The van der Waals surface area contributed by atoms with Gasteiger partial charge in [0.2, 0.25) is 0 Å². The number of rotatable bonds is 6. The van der Waals surface area contributed by atoms with Crippen LogP contribution in [0.25, 0.3) is 16.7 Å². The zero-order valence-electron chi connectivity index (χ0n) is 18.2. The standard InChI is InChI=1S/C26H25FN4O2/c27-21-9-5-19(6-10-21)25(30-13-15-33-16-14-30)17-28-26(32)20-7-11-22(12-8-20)31-18-29-23-3-1-2-4-24(23)31/h1-12,18,25H,13-17H2,(H,28,32). The van der Waals surface area contributed by atoms with E-state index in [0.29, 0.717) is 25.3 Å². The molecule has 0 spiro atoms. The predicted octanol–water partition coefficient (Wildman–Crippen LogP) is 3.97. The van der Waals surface area contributed by atoms with Crippen LogP contribution >= 0.6 is 0 Å². The molecular weight excluding hydrogens is 419 g/mol. The predicted molar refractivity (Wildman–Crippen MR) is 125 cm³/mol. The minimum absolute atomic E-state index is 0.0463. The fourth-order valence-electron chi connectivity index (χ4n) is 4.26. The van der Waals surface area contributed by atoms with Crippen molar-refractivity contribution in [3.63, 3.8) is 0 Å². The summed E-state index contributed by atoms with van der Waals surface area (Å²) in [7, 11) is 0. The molecule has 1 saturated heterocycles. The summed E-state index contributed by atoms with van der Waals surface area (Å²) in [6.07, 6.45) is 1.79. The number of ether oxygens (including phenoxy) is 1. The average Bonchev–Trinajstić information content (AvgIpc) is 3.30. The highest BCUT2D eigenvalue weighted by atomic mass is 19.1. The van der Waals surface area contributed by atoms with Gasteiger partial charge >= 0.3 is 0 Å². The number of hydrogen-bond acceptors (Lipinski definition) is 4. The van der Waals surface area contributed by atoms with Crippen molar-refractivity contribution in [2.45, 2.75) is 6.04 Å². The van der Waals surface area contributed by atoms with Crippen LogP contribution in [0.4, 0.5) is 4.39 Å². The zero-order chi connectivity index (χ0) is 22.6. The molecule has 1 aliphatic rings. The summed E-state index contributed by atoms with van der Waals surface area (Å²) in [5.74, 6) is -0.410. The Hall–Kier alpha value is -3.55. The second kappa shape index (κ2) is 9.52. The van der Waals surface area contributed by atoms with Crippen LogP contribution in [0, 0.1) is 5.82 Å². The number of carbonyl (C=O) groups excluding carboxylic acids is 1. The first-order valence-electron chi connectivity index (χ1n) is 11.1. The molecule has 1 fully saturated rings. The Labute approximate surface area is 191 Å². The maximum atomic E-state index is 13.4. The Kier molecular flexibility index (Phi) is 6.15. The van der Waals surface area contributed by atoms with Gasteiger partial charge < -0.3 is 10.1 Å². The van der Waals surface area contributed by atoms with Crippen LogP contribution in [0.2, 0.25) is 0 Å². The van der Waals surface area contributed by atoms with Gasteiger partial charge in [0.1, 0.15) is 12.1 Å². The number of amides is 1. The highest BCUT2D eigenvalue weighted by molar-refractivity contribution is 5.94. The van der Waals surface area contributed by atoms with E-state index < -0.39 is 0 Å². The molecule has 7 heteroatoms. The van der Waals surface area contributed by atoms with Gasteiger partial charge in [0.15, 0.2) is 0 Å². The van der Waals surface area contributed by atoms with Crippen LogP contribution < -0.4 is 5.32 Å². The highest BCUT2D eigenvalue weighted by Gasteiger charge is 2.23. The monoisotopic (exact) mass is 444 g/mol. The Morgan fingerprint density at radius 1 is 1.00 bits per heavy atom. The third kappa shape index (κ3) is 4.65. The average molecular weight is 445 g/mol. The van der Waals surface area contributed by atoms with E-state index in [-0.39, 0.29) is 17.8 Å². The van der Waals surface area contributed by atoms with Crippen molar-refractivity contribution >= 4 is 16.9 Å². The summed E-state index contributed by atoms with van der Waals surface area (Å²) < 4.78 is 20.9. The number of carbonyl (C=O) groups is 1. The summed E-state index contributed by atoms with van der Waals surface area (Å²) in [4.78, 5) is 19.6. The van der Waals surface area contributed by atoms with Crippen molar-refractivity contribution in [1.29, 1.82) is 0 Å². The summed E-state index contributed by atoms with van der Waals surface area (Å²) in [6.45, 7) is 3.27. The Bertz CT molecular complexity index is 1230. The molecule has 5 rings (SSSR count). The van der Waals surface area contributed by atoms with E-state index in [1.54, 1.807) is 18.5 Å². The first-order chi connectivity index (χ1) is 16.2. The van der Waals surface area contributed by atoms with Gasteiger partial charge in [-0.25, -0.2) is 9.37 Å². The molecule has 168 valence electrons. The molecule has 0 bridgehead atoms. The number of nitrogens with zero attached hydrogens (tertiary/aromatic N) is 3. The van der Waals surface area contributed by atoms with Crippen LogP contribution in [-0.2, 0) is 4.74 Å². The van der Waals surface area contributed by atoms with Crippen molar-refractivity contribution < 1.29 is 13.9 Å². The first-order valence-corrected chi connectivity index (χ1v) is 11.1. The van der Waals surface area contributed by atoms with E-state index >= 15 is 0 Å². The fourth-order valence-corrected chi connectivity index (χ4v) is 4.26. The van der Waals surface area contributed by atoms with E-state index in [4.69, 9.17) is 4.74 Å². The van der Waals surface area contributed by atoms with E-state index in [1.807, 2.05) is 53.1 Å². The SMILES string of the molecule is O=C(NCC(c1ccc(F)cc1)N1CCOCC1)c1ccc(-n2cnc3ccccc32)cc1. The molecule has 0 radical (unpaired) electrons. The molecule has 4 aromatic rings. The molecule has 1 amide bonds. The zero-order valence-corrected chi connectivity index (χ0v) is 18.2. The molecule has 1 unspecified atom stereocenters. The number of aromatic nitrogens is 2. The maximum Gasteiger partial charge on any atom is 0.251 e. The number of halogens is 1. The molecule has 0 aliphatic carbocycles. The Balaban J connectivity index is 1.30. The van der Waals surface area contributed by atoms with Crippen LogP contribution in [-0.4, -0.2) is 53.2 Å². The quantitative estimate of drug-likeness (QED) is 0.489. The number of hydrogen-bond donors (Lipinski definition) is 1. The van der Waals surface area contributed by atoms with Gasteiger partial charge in [0.25, 0.3) is 5.91 Å². The second-order valence-electron chi connectivity index (χ2n) is 8.08. The van der Waals surface area contributed by atoms with Gasteiger partial charge in [-0.3, -0.25) is 14.3 Å². The Morgan fingerprint density at radius 2 is 1.73 bits per heavy atom. The minimum Gasteiger partial charge on any atom is -0.379 e. The van der Waals surface area contributed by atoms with Gasteiger partial charge in [-0.1, -0.05) is 24.3 Å². The maximum absolute atomic E-state index is 13.4. The van der Waals surface area contributed by atoms with Crippen LogP contribution in [0.15, 0.2) is 79.1 Å². The molecule has 6 nitrogen and oxygen atoms in total. The number of fused-ring (bicyclic) bond motifs is 1. The highest BCUT2D eigenvalue weighted by Crippen LogP contribution is 2.22. The smallest absolute Gasteiger partial charge is 0.251 e. The van der Waals surface area contributed by atoms with Crippen molar-refractivity contribution in [1.82, 2.24) is 19.8 Å². The van der Waals surface area contributed by atoms with Gasteiger partial charge in [-0.15, -0.1) is 0 Å². The van der Waals surface area contributed by atoms with Gasteiger partial charge in [0.05, 0.1) is 30.3 Å². The molecule has 1 aliphatic heterocycles. The Morgan fingerprint density at radius 3 is 2.48 bits per heavy atom. The normalized spacial score (nSPS) is 15.4. The van der Waals surface area contributed by atoms with Crippen molar-refractivity contribution in [2.75, 3.05) is 32.8 Å². The molecule has 2 heterocycles. The number of nitrogens with one attached hydrogen (secondary N) is 1. The lowest BCUT2D eigenvalue weighted by molar-refractivity contribution is 0.0162. The number of para-hydroxylation sites is 2. The molecule has 3 aromatic carbocycles. The van der Waals surface area contributed by atoms with Gasteiger partial charge in [0, 0.05) is 30.9 Å². The molecule has 1 N–H and O–H groups in total. The molecule has 33 heavy (non-hydrogen) atoms. The third-order valence-electron chi connectivity index (χ3n) is 6.06. The molecule has 1 aromatic heterocycles. The van der Waals surface area contributed by atoms with Crippen molar-refractivity contribution in [3.05, 3.63) is 96.1 Å². The lowest BCUT2D eigenvalue weighted by Crippen LogP contribution is -2.43. The topological polar surface area (TPSA) is 59.4 Å². The largest absolute Gasteiger partial charge is 0.379 e. The summed E-state index contributed by atoms with van der Waals surface area (Å²) in [6, 6.07) is 21.9. The summed E-state index contributed by atoms with van der Waals surface area (Å²) >= 11 is 0.